The van der Waals surface area contributed by atoms with Crippen molar-refractivity contribution in [2.75, 3.05) is 0 Å². The standard InChI is InChI=1S/C7H12N4/c1-5(3-7(9)10)11-6(2)4-8/h3,6,11H,1-2H3,(H3,9,10)/b5-3-/t6-/m0/s1. The Balaban J connectivity index is 3.98. The van der Waals surface area contributed by atoms with E-state index in [0.717, 1.165) is 5.70 Å². The molecule has 0 radical (unpaired) electrons. The minimum Gasteiger partial charge on any atom is -0.384 e. The number of rotatable bonds is 3. The molecule has 11 heavy (non-hydrogen) atoms. The lowest BCUT2D eigenvalue weighted by molar-refractivity contribution is 0.740. The van der Waals surface area contributed by atoms with Gasteiger partial charge >= 0.3 is 0 Å². The number of nitrogens with zero attached hydrogens (tertiary/aromatic N) is 1. The van der Waals surface area contributed by atoms with E-state index in [-0.39, 0.29) is 11.9 Å². The Labute approximate surface area is 66.2 Å². The zero-order chi connectivity index (χ0) is 8.85. The van der Waals surface area contributed by atoms with Crippen molar-refractivity contribution in [2.24, 2.45) is 5.73 Å². The third-order valence-electron chi connectivity index (χ3n) is 1.01. The van der Waals surface area contributed by atoms with Gasteiger partial charge in [0.2, 0.25) is 0 Å². The van der Waals surface area contributed by atoms with Gasteiger partial charge in [-0.1, -0.05) is 0 Å². The Morgan fingerprint density at radius 1 is 1.82 bits per heavy atom. The molecule has 0 fully saturated rings. The maximum Gasteiger partial charge on any atom is 0.117 e. The summed E-state index contributed by atoms with van der Waals surface area (Å²) in [5.74, 6) is -0.0138. The lowest BCUT2D eigenvalue weighted by atomic mass is 10.3. The van der Waals surface area contributed by atoms with Crippen LogP contribution in [0.4, 0.5) is 0 Å². The molecule has 0 rings (SSSR count). The van der Waals surface area contributed by atoms with Crippen molar-refractivity contribution in [3.63, 3.8) is 0 Å². The van der Waals surface area contributed by atoms with Gasteiger partial charge in [-0.2, -0.15) is 5.26 Å². The van der Waals surface area contributed by atoms with E-state index in [4.69, 9.17) is 16.4 Å². The molecule has 0 aromatic heterocycles. The largest absolute Gasteiger partial charge is 0.384 e. The number of hydrogen-bond donors (Lipinski definition) is 3. The SMILES string of the molecule is C/C(=C/C(=N)N)N[C@@H](C)C#N. The Morgan fingerprint density at radius 2 is 2.36 bits per heavy atom. The summed E-state index contributed by atoms with van der Waals surface area (Å²) in [6, 6.07) is 1.76. The maximum atomic E-state index is 8.39. The van der Waals surface area contributed by atoms with E-state index in [1.165, 1.54) is 6.08 Å². The van der Waals surface area contributed by atoms with E-state index in [9.17, 15) is 0 Å². The van der Waals surface area contributed by atoms with Crippen LogP contribution in [0.5, 0.6) is 0 Å². The molecule has 4 heteroatoms. The van der Waals surface area contributed by atoms with Crippen LogP contribution in [-0.2, 0) is 0 Å². The molecule has 0 heterocycles. The fraction of sp³-hybridized carbons (Fsp3) is 0.429. The number of allylic oxidation sites excluding steroid dienone is 1. The molecule has 0 aromatic carbocycles. The van der Waals surface area contributed by atoms with Gasteiger partial charge in [0, 0.05) is 5.70 Å². The van der Waals surface area contributed by atoms with Crippen molar-refractivity contribution in [1.82, 2.24) is 5.32 Å². The first kappa shape index (κ1) is 9.50. The molecule has 4 nitrogen and oxygen atoms in total. The molecule has 0 spiro atoms. The van der Waals surface area contributed by atoms with Crippen LogP contribution in [0.15, 0.2) is 11.8 Å². The van der Waals surface area contributed by atoms with Gasteiger partial charge in [-0.25, -0.2) is 0 Å². The summed E-state index contributed by atoms with van der Waals surface area (Å²) in [4.78, 5) is 0. The summed E-state index contributed by atoms with van der Waals surface area (Å²) in [6.07, 6.45) is 1.47. The second kappa shape index (κ2) is 4.34. The summed E-state index contributed by atoms with van der Waals surface area (Å²) in [6.45, 7) is 3.49. The van der Waals surface area contributed by atoms with Crippen molar-refractivity contribution in [1.29, 1.82) is 10.7 Å². The molecule has 0 saturated heterocycles. The first-order valence-electron chi connectivity index (χ1n) is 3.24. The third kappa shape index (κ3) is 4.97. The molecule has 0 aliphatic rings. The van der Waals surface area contributed by atoms with Crippen molar-refractivity contribution in [2.45, 2.75) is 19.9 Å². The van der Waals surface area contributed by atoms with Crippen molar-refractivity contribution < 1.29 is 0 Å². The molecule has 0 aliphatic heterocycles. The molecular weight excluding hydrogens is 140 g/mol. The van der Waals surface area contributed by atoms with Crippen LogP contribution in [0.1, 0.15) is 13.8 Å². The van der Waals surface area contributed by atoms with Crippen LogP contribution in [0.2, 0.25) is 0 Å². The Morgan fingerprint density at radius 3 is 2.73 bits per heavy atom. The second-order valence-electron chi connectivity index (χ2n) is 2.28. The topological polar surface area (TPSA) is 85.7 Å². The predicted octanol–water partition coefficient (Wildman–Crippen LogP) is 0.328. The first-order chi connectivity index (χ1) is 5.06. The van der Waals surface area contributed by atoms with Gasteiger partial charge in [-0.3, -0.25) is 5.41 Å². The molecule has 0 unspecified atom stereocenters. The number of amidine groups is 1. The highest BCUT2D eigenvalue weighted by Crippen LogP contribution is 1.88. The van der Waals surface area contributed by atoms with Gasteiger partial charge in [0.1, 0.15) is 11.9 Å². The monoisotopic (exact) mass is 152 g/mol. The average molecular weight is 152 g/mol. The number of nitrogens with two attached hydrogens (primary N) is 1. The molecule has 1 atom stereocenters. The second-order valence-corrected chi connectivity index (χ2v) is 2.28. The zero-order valence-electron chi connectivity index (χ0n) is 6.68. The van der Waals surface area contributed by atoms with Crippen molar-refractivity contribution >= 4 is 5.84 Å². The van der Waals surface area contributed by atoms with E-state index in [0.29, 0.717) is 0 Å². The quantitative estimate of drug-likeness (QED) is 0.402. The van der Waals surface area contributed by atoms with Gasteiger partial charge in [0.15, 0.2) is 0 Å². The summed E-state index contributed by atoms with van der Waals surface area (Å²) < 4.78 is 0. The zero-order valence-corrected chi connectivity index (χ0v) is 6.68. The fourth-order valence-electron chi connectivity index (χ4n) is 0.649. The molecular formula is C7H12N4. The van der Waals surface area contributed by atoms with Gasteiger partial charge in [0.25, 0.3) is 0 Å². The highest BCUT2D eigenvalue weighted by Gasteiger charge is 1.96. The van der Waals surface area contributed by atoms with Crippen molar-refractivity contribution in [3.8, 4) is 6.07 Å². The number of nitrogens with one attached hydrogen (secondary N) is 2. The summed E-state index contributed by atoms with van der Waals surface area (Å²) in [5, 5.41) is 18.1. The van der Waals surface area contributed by atoms with E-state index in [2.05, 4.69) is 5.32 Å². The lowest BCUT2D eigenvalue weighted by Crippen LogP contribution is -2.23. The molecule has 60 valence electrons. The molecule has 0 aliphatic carbocycles. The van der Waals surface area contributed by atoms with Crippen LogP contribution in [0.3, 0.4) is 0 Å². The number of nitriles is 1. The Hall–Kier alpha value is -1.50. The normalized spacial score (nSPS) is 13.4. The Kier molecular flexibility index (Phi) is 3.75. The van der Waals surface area contributed by atoms with Crippen LogP contribution in [0, 0.1) is 16.7 Å². The Bertz CT molecular complexity index is 211. The van der Waals surface area contributed by atoms with Crippen molar-refractivity contribution in [3.05, 3.63) is 11.8 Å². The first-order valence-corrected chi connectivity index (χ1v) is 3.24. The fourth-order valence-corrected chi connectivity index (χ4v) is 0.649. The van der Waals surface area contributed by atoms with Crippen LogP contribution < -0.4 is 11.1 Å². The minimum atomic E-state index is -0.245. The van der Waals surface area contributed by atoms with E-state index in [1.54, 1.807) is 13.8 Å². The van der Waals surface area contributed by atoms with Crippen LogP contribution >= 0.6 is 0 Å². The van der Waals surface area contributed by atoms with E-state index < -0.39 is 0 Å². The van der Waals surface area contributed by atoms with Crippen LogP contribution in [0.25, 0.3) is 0 Å². The molecule has 0 bridgehead atoms. The highest BCUT2D eigenvalue weighted by atomic mass is 14.9. The summed E-state index contributed by atoms with van der Waals surface area (Å²) in [7, 11) is 0. The molecule has 4 N–H and O–H groups in total. The van der Waals surface area contributed by atoms with E-state index >= 15 is 0 Å². The van der Waals surface area contributed by atoms with E-state index in [1.807, 2.05) is 6.07 Å². The smallest absolute Gasteiger partial charge is 0.117 e. The van der Waals surface area contributed by atoms with Gasteiger partial charge < -0.3 is 11.1 Å². The van der Waals surface area contributed by atoms with Gasteiger partial charge in [-0.15, -0.1) is 0 Å². The highest BCUT2D eigenvalue weighted by molar-refractivity contribution is 5.88. The average Bonchev–Trinajstić information content (AvgIpc) is 1.85. The summed E-state index contributed by atoms with van der Waals surface area (Å²) >= 11 is 0. The van der Waals surface area contributed by atoms with Gasteiger partial charge in [-0.05, 0) is 19.9 Å². The lowest BCUT2D eigenvalue weighted by Gasteiger charge is -2.06. The third-order valence-corrected chi connectivity index (χ3v) is 1.01. The minimum absolute atomic E-state index is 0.0138. The maximum absolute atomic E-state index is 8.39. The van der Waals surface area contributed by atoms with Crippen LogP contribution in [-0.4, -0.2) is 11.9 Å². The summed E-state index contributed by atoms with van der Waals surface area (Å²) in [5.41, 5.74) is 5.82. The van der Waals surface area contributed by atoms with Gasteiger partial charge in [0.05, 0.1) is 6.07 Å². The predicted molar refractivity (Wildman–Crippen MR) is 43.9 cm³/mol. The molecule has 0 aromatic rings. The molecule has 0 saturated carbocycles. The molecule has 0 amide bonds. The number of hydrogen-bond acceptors (Lipinski definition) is 3.